The lowest BCUT2D eigenvalue weighted by Gasteiger charge is -1.98. The van der Waals surface area contributed by atoms with Crippen LogP contribution in [0.3, 0.4) is 0 Å². The Morgan fingerprint density at radius 3 is 2.44 bits per heavy atom. The summed E-state index contributed by atoms with van der Waals surface area (Å²) < 4.78 is 0.884. The average molecular weight is 250 g/mol. The van der Waals surface area contributed by atoms with Crippen LogP contribution < -0.4 is 0 Å². The zero-order valence-electron chi connectivity index (χ0n) is 9.06. The minimum atomic E-state index is -0.760. The Morgan fingerprint density at radius 1 is 1.28 bits per heavy atom. The van der Waals surface area contributed by atoms with E-state index < -0.39 is 27.1 Å². The molecule has 9 nitrogen and oxygen atoms in total. The second-order valence-corrected chi connectivity index (χ2v) is 3.49. The van der Waals surface area contributed by atoms with Crippen molar-refractivity contribution in [2.45, 2.75) is 6.92 Å². The molecule has 0 saturated carbocycles. The van der Waals surface area contributed by atoms with Crippen LogP contribution in [0.5, 0.6) is 0 Å². The molecule has 0 atom stereocenters. The molecule has 0 bridgehead atoms. The van der Waals surface area contributed by atoms with E-state index in [1.54, 1.807) is 0 Å². The average Bonchev–Trinajstić information content (AvgIpc) is 2.70. The Bertz CT molecular complexity index is 690. The zero-order chi connectivity index (χ0) is 13.4. The van der Waals surface area contributed by atoms with Gasteiger partial charge in [0.2, 0.25) is 5.91 Å². The van der Waals surface area contributed by atoms with Crippen molar-refractivity contribution < 1.29 is 14.6 Å². The topological polar surface area (TPSA) is 121 Å². The molecule has 0 saturated heterocycles. The van der Waals surface area contributed by atoms with E-state index in [2.05, 4.69) is 5.10 Å². The Hall–Kier alpha value is -2.84. The van der Waals surface area contributed by atoms with Crippen LogP contribution in [0.2, 0.25) is 0 Å². The van der Waals surface area contributed by atoms with Crippen LogP contribution in [0.1, 0.15) is 11.7 Å². The second-order valence-electron chi connectivity index (χ2n) is 3.49. The summed E-state index contributed by atoms with van der Waals surface area (Å²) in [6, 6.07) is 1.92. The van der Waals surface area contributed by atoms with Gasteiger partial charge in [0.25, 0.3) is 11.4 Å². The molecule has 1 heterocycles. The van der Waals surface area contributed by atoms with Crippen molar-refractivity contribution in [3.05, 3.63) is 38.6 Å². The first-order valence-corrected chi connectivity index (χ1v) is 4.73. The van der Waals surface area contributed by atoms with E-state index in [1.807, 2.05) is 0 Å². The molecule has 0 fully saturated rings. The third-order valence-electron chi connectivity index (χ3n) is 2.36. The number of hydrogen-bond donors (Lipinski definition) is 0. The van der Waals surface area contributed by atoms with Crippen molar-refractivity contribution in [1.29, 1.82) is 0 Å². The van der Waals surface area contributed by atoms with Gasteiger partial charge in [0.1, 0.15) is 0 Å². The Balaban J connectivity index is 2.88. The van der Waals surface area contributed by atoms with Crippen LogP contribution >= 0.6 is 0 Å². The highest BCUT2D eigenvalue weighted by Gasteiger charge is 2.22. The Morgan fingerprint density at radius 2 is 1.94 bits per heavy atom. The van der Waals surface area contributed by atoms with Gasteiger partial charge in [0.15, 0.2) is 0 Å². The zero-order valence-corrected chi connectivity index (χ0v) is 9.06. The molecule has 2 aromatic rings. The molecule has 0 N–H and O–H groups in total. The van der Waals surface area contributed by atoms with E-state index in [0.717, 1.165) is 23.0 Å². The molecule has 2 rings (SSSR count). The largest absolute Gasteiger partial charge is 0.287 e. The summed E-state index contributed by atoms with van der Waals surface area (Å²) in [7, 11) is 0. The minimum Gasteiger partial charge on any atom is -0.273 e. The maximum absolute atomic E-state index is 11.2. The lowest BCUT2D eigenvalue weighted by molar-refractivity contribution is -0.393. The van der Waals surface area contributed by atoms with E-state index in [1.165, 1.54) is 6.92 Å². The predicted molar refractivity (Wildman–Crippen MR) is 59.3 cm³/mol. The second kappa shape index (κ2) is 3.87. The summed E-state index contributed by atoms with van der Waals surface area (Å²) >= 11 is 0. The number of nitro groups is 2. The van der Waals surface area contributed by atoms with Gasteiger partial charge in [-0.25, -0.2) is 0 Å². The highest BCUT2D eigenvalue weighted by Crippen LogP contribution is 2.30. The number of nitro benzene ring substituents is 2. The van der Waals surface area contributed by atoms with Crippen LogP contribution in [-0.2, 0) is 0 Å². The monoisotopic (exact) mass is 250 g/mol. The smallest absolute Gasteiger partial charge is 0.273 e. The van der Waals surface area contributed by atoms with Gasteiger partial charge in [-0.05, 0) is 0 Å². The molecule has 1 aromatic carbocycles. The van der Waals surface area contributed by atoms with E-state index in [0.29, 0.717) is 0 Å². The lowest BCUT2D eigenvalue weighted by Crippen LogP contribution is -2.07. The summed E-state index contributed by atoms with van der Waals surface area (Å²) in [6.07, 6.45) is 1.14. The number of benzene rings is 1. The fourth-order valence-corrected chi connectivity index (χ4v) is 1.60. The first-order chi connectivity index (χ1) is 8.41. The standard InChI is InChI=1S/C9H6N4O5/c1-5(14)11-8-2-6(12(15)16)3-9(13(17)18)7(8)4-10-11/h2-4H,1H3. The van der Waals surface area contributed by atoms with Gasteiger partial charge in [-0.1, -0.05) is 0 Å². The molecule has 0 radical (unpaired) electrons. The Kier molecular flexibility index (Phi) is 2.51. The van der Waals surface area contributed by atoms with Crippen molar-refractivity contribution in [3.63, 3.8) is 0 Å². The molecule has 0 aliphatic carbocycles. The molecular formula is C9H6N4O5. The summed E-state index contributed by atoms with van der Waals surface area (Å²) in [6.45, 7) is 1.21. The molecule has 92 valence electrons. The molecule has 1 aromatic heterocycles. The van der Waals surface area contributed by atoms with E-state index in [-0.39, 0.29) is 10.9 Å². The van der Waals surface area contributed by atoms with Gasteiger partial charge in [-0.3, -0.25) is 25.0 Å². The molecule has 0 unspecified atom stereocenters. The van der Waals surface area contributed by atoms with Gasteiger partial charge in [0, 0.05) is 13.0 Å². The van der Waals surface area contributed by atoms with Gasteiger partial charge < -0.3 is 0 Å². The van der Waals surface area contributed by atoms with Crippen LogP contribution in [0.4, 0.5) is 11.4 Å². The van der Waals surface area contributed by atoms with Crippen molar-refractivity contribution in [1.82, 2.24) is 9.78 Å². The number of aromatic nitrogens is 2. The highest BCUT2D eigenvalue weighted by atomic mass is 16.6. The van der Waals surface area contributed by atoms with Crippen LogP contribution in [0, 0.1) is 20.2 Å². The maximum Gasteiger partial charge on any atom is 0.287 e. The SMILES string of the molecule is CC(=O)n1ncc2c([N+](=O)[O-])cc([N+](=O)[O-])cc21. The van der Waals surface area contributed by atoms with Crippen LogP contribution in [-0.4, -0.2) is 25.5 Å². The number of nitrogens with zero attached hydrogens (tertiary/aromatic N) is 4. The maximum atomic E-state index is 11.2. The fraction of sp³-hybridized carbons (Fsp3) is 0.111. The molecule has 0 aliphatic rings. The van der Waals surface area contributed by atoms with Crippen LogP contribution in [0.25, 0.3) is 10.9 Å². The van der Waals surface area contributed by atoms with Gasteiger partial charge >= 0.3 is 0 Å². The summed E-state index contributed by atoms with van der Waals surface area (Å²) in [4.78, 5) is 31.3. The third kappa shape index (κ3) is 1.67. The fourth-order valence-electron chi connectivity index (χ4n) is 1.60. The molecule has 0 aliphatic heterocycles. The highest BCUT2D eigenvalue weighted by molar-refractivity contribution is 5.96. The van der Waals surface area contributed by atoms with Crippen molar-refractivity contribution in [3.8, 4) is 0 Å². The molecule has 0 spiro atoms. The number of fused-ring (bicyclic) bond motifs is 1. The normalized spacial score (nSPS) is 10.5. The van der Waals surface area contributed by atoms with Crippen LogP contribution in [0.15, 0.2) is 18.3 Å². The van der Waals surface area contributed by atoms with Gasteiger partial charge in [0.05, 0.1) is 33.0 Å². The molecule has 18 heavy (non-hydrogen) atoms. The molecular weight excluding hydrogens is 244 g/mol. The number of carbonyl (C=O) groups excluding carboxylic acids is 1. The number of rotatable bonds is 2. The van der Waals surface area contributed by atoms with Gasteiger partial charge in [-0.2, -0.15) is 9.78 Å². The van der Waals surface area contributed by atoms with Crippen molar-refractivity contribution in [2.24, 2.45) is 0 Å². The number of carbonyl (C=O) groups is 1. The summed E-state index contributed by atoms with van der Waals surface area (Å²) in [5.41, 5.74) is -0.868. The summed E-state index contributed by atoms with van der Waals surface area (Å²) in [5, 5.41) is 25.3. The van der Waals surface area contributed by atoms with Crippen molar-refractivity contribution >= 4 is 28.2 Å². The predicted octanol–water partition coefficient (Wildman–Crippen LogP) is 1.51. The number of hydrogen-bond acceptors (Lipinski definition) is 6. The first kappa shape index (κ1) is 11.6. The van der Waals surface area contributed by atoms with E-state index >= 15 is 0 Å². The van der Waals surface area contributed by atoms with E-state index in [4.69, 9.17) is 0 Å². The van der Waals surface area contributed by atoms with E-state index in [9.17, 15) is 25.0 Å². The molecule has 9 heteroatoms. The minimum absolute atomic E-state index is 0.0448. The van der Waals surface area contributed by atoms with Gasteiger partial charge in [-0.15, -0.1) is 0 Å². The quantitative estimate of drug-likeness (QED) is 0.588. The number of non-ortho nitro benzene ring substituents is 2. The first-order valence-electron chi connectivity index (χ1n) is 4.73. The molecule has 0 amide bonds. The summed E-state index contributed by atoms with van der Waals surface area (Å²) in [5.74, 6) is -0.486. The third-order valence-corrected chi connectivity index (χ3v) is 2.36. The Labute approximate surface area is 98.9 Å². The van der Waals surface area contributed by atoms with Crippen molar-refractivity contribution in [2.75, 3.05) is 0 Å². The lowest BCUT2D eigenvalue weighted by atomic mass is 10.2.